The lowest BCUT2D eigenvalue weighted by Crippen LogP contribution is -2.18. The van der Waals surface area contributed by atoms with Crippen molar-refractivity contribution in [1.82, 2.24) is 5.43 Å². The molecule has 0 atom stereocenters. The molecule has 6 nitrogen and oxygen atoms in total. The lowest BCUT2D eigenvalue weighted by Gasteiger charge is -2.13. The highest BCUT2D eigenvalue weighted by Crippen LogP contribution is 2.38. The largest absolute Gasteiger partial charge is 0.493 e. The number of methoxy groups -OCH3 is 3. The molecule has 0 aliphatic heterocycles. The standard InChI is InChI=1S/C19H22N2O4/c1-12-6-7-14(13(2)8-12)11-20-21-19(22)15-9-16(23-3)18(25-5)17(10-15)24-4/h6-11H,1-5H3,(H,21,22)/b20-11-. The van der Waals surface area contributed by atoms with Crippen LogP contribution < -0.4 is 19.6 Å². The molecule has 0 saturated heterocycles. The molecule has 0 unspecified atom stereocenters. The molecule has 2 rings (SSSR count). The smallest absolute Gasteiger partial charge is 0.271 e. The van der Waals surface area contributed by atoms with Crippen molar-refractivity contribution in [2.75, 3.05) is 21.3 Å². The van der Waals surface area contributed by atoms with E-state index >= 15 is 0 Å². The van der Waals surface area contributed by atoms with E-state index in [1.807, 2.05) is 26.0 Å². The second kappa shape index (κ2) is 8.19. The van der Waals surface area contributed by atoms with Crippen molar-refractivity contribution in [2.45, 2.75) is 13.8 Å². The molecule has 132 valence electrons. The molecule has 1 N–H and O–H groups in total. The highest BCUT2D eigenvalue weighted by atomic mass is 16.5. The van der Waals surface area contributed by atoms with Gasteiger partial charge in [-0.3, -0.25) is 4.79 Å². The maximum atomic E-state index is 12.3. The molecule has 0 spiro atoms. The summed E-state index contributed by atoms with van der Waals surface area (Å²) >= 11 is 0. The van der Waals surface area contributed by atoms with Gasteiger partial charge in [0.2, 0.25) is 5.75 Å². The van der Waals surface area contributed by atoms with Gasteiger partial charge in [-0.1, -0.05) is 23.8 Å². The van der Waals surface area contributed by atoms with Gasteiger partial charge in [0.1, 0.15) is 0 Å². The van der Waals surface area contributed by atoms with E-state index in [0.717, 1.165) is 11.1 Å². The molecule has 6 heteroatoms. The number of benzene rings is 2. The molecule has 0 aliphatic carbocycles. The van der Waals surface area contributed by atoms with Crippen molar-refractivity contribution >= 4 is 12.1 Å². The van der Waals surface area contributed by atoms with Crippen LogP contribution in [0.5, 0.6) is 17.2 Å². The van der Waals surface area contributed by atoms with Gasteiger partial charge in [-0.15, -0.1) is 0 Å². The molecular formula is C19H22N2O4. The highest BCUT2D eigenvalue weighted by Gasteiger charge is 2.16. The lowest BCUT2D eigenvalue weighted by molar-refractivity contribution is 0.0954. The molecule has 0 saturated carbocycles. The van der Waals surface area contributed by atoms with Crippen LogP contribution >= 0.6 is 0 Å². The first-order chi connectivity index (χ1) is 12.0. The number of ether oxygens (including phenoxy) is 3. The normalized spacial score (nSPS) is 10.6. The van der Waals surface area contributed by atoms with Crippen molar-refractivity contribution in [1.29, 1.82) is 0 Å². The summed E-state index contributed by atoms with van der Waals surface area (Å²) in [5.74, 6) is 0.872. The molecule has 0 bridgehead atoms. The second-order valence-electron chi connectivity index (χ2n) is 5.47. The maximum absolute atomic E-state index is 12.3. The summed E-state index contributed by atoms with van der Waals surface area (Å²) in [6.07, 6.45) is 1.62. The number of nitrogens with one attached hydrogen (secondary N) is 1. The fraction of sp³-hybridized carbons (Fsp3) is 0.263. The van der Waals surface area contributed by atoms with E-state index in [1.54, 1.807) is 18.3 Å². The van der Waals surface area contributed by atoms with Gasteiger partial charge in [0.25, 0.3) is 5.91 Å². The Morgan fingerprint density at radius 1 is 1.00 bits per heavy atom. The van der Waals surface area contributed by atoms with Crippen LogP contribution in [0.1, 0.15) is 27.0 Å². The van der Waals surface area contributed by atoms with Crippen LogP contribution in [0.15, 0.2) is 35.4 Å². The zero-order valence-corrected chi connectivity index (χ0v) is 15.0. The number of hydrogen-bond donors (Lipinski definition) is 1. The SMILES string of the molecule is COc1cc(C(=O)N/N=C\c2ccc(C)cc2C)cc(OC)c1OC. The Bertz CT molecular complexity index is 775. The highest BCUT2D eigenvalue weighted by molar-refractivity contribution is 5.96. The number of aryl methyl sites for hydroxylation is 2. The first kappa shape index (κ1) is 18.3. The average molecular weight is 342 g/mol. The lowest BCUT2D eigenvalue weighted by atomic mass is 10.1. The molecule has 1 amide bonds. The minimum absolute atomic E-state index is 0.354. The number of rotatable bonds is 6. The summed E-state index contributed by atoms with van der Waals surface area (Å²) in [4.78, 5) is 12.3. The average Bonchev–Trinajstić information content (AvgIpc) is 2.61. The van der Waals surface area contributed by atoms with Crippen molar-refractivity contribution in [2.24, 2.45) is 5.10 Å². The summed E-state index contributed by atoms with van der Waals surface area (Å²) in [5.41, 5.74) is 6.07. The quantitative estimate of drug-likeness (QED) is 0.647. The van der Waals surface area contributed by atoms with Crippen molar-refractivity contribution < 1.29 is 19.0 Å². The number of amides is 1. The number of carbonyl (C=O) groups is 1. The van der Waals surface area contributed by atoms with Crippen LogP contribution in [-0.2, 0) is 0 Å². The van der Waals surface area contributed by atoms with Gasteiger partial charge < -0.3 is 14.2 Å². The zero-order chi connectivity index (χ0) is 18.4. The third-order valence-corrected chi connectivity index (χ3v) is 3.72. The van der Waals surface area contributed by atoms with Crippen molar-refractivity contribution in [3.8, 4) is 17.2 Å². The molecule has 25 heavy (non-hydrogen) atoms. The first-order valence-corrected chi connectivity index (χ1v) is 7.70. The van der Waals surface area contributed by atoms with E-state index < -0.39 is 0 Å². The van der Waals surface area contributed by atoms with Crippen molar-refractivity contribution in [3.63, 3.8) is 0 Å². The van der Waals surface area contributed by atoms with E-state index in [0.29, 0.717) is 22.8 Å². The number of hydrogen-bond acceptors (Lipinski definition) is 5. The first-order valence-electron chi connectivity index (χ1n) is 7.70. The van der Waals surface area contributed by atoms with Crippen LogP contribution in [-0.4, -0.2) is 33.5 Å². The molecule has 0 aromatic heterocycles. The van der Waals surface area contributed by atoms with Crippen LogP contribution in [0.4, 0.5) is 0 Å². The summed E-state index contributed by atoms with van der Waals surface area (Å²) < 4.78 is 15.7. The van der Waals surface area contributed by atoms with Gasteiger partial charge >= 0.3 is 0 Å². The Morgan fingerprint density at radius 2 is 1.64 bits per heavy atom. The minimum atomic E-state index is -0.375. The van der Waals surface area contributed by atoms with E-state index in [4.69, 9.17) is 14.2 Å². The minimum Gasteiger partial charge on any atom is -0.493 e. The third kappa shape index (κ3) is 4.29. The summed E-state index contributed by atoms with van der Waals surface area (Å²) in [6.45, 7) is 4.02. The molecule has 0 aliphatic rings. The molecule has 2 aromatic carbocycles. The molecule has 0 radical (unpaired) electrons. The number of carbonyl (C=O) groups excluding carboxylic acids is 1. The molecule has 0 fully saturated rings. The van der Waals surface area contributed by atoms with Crippen molar-refractivity contribution in [3.05, 3.63) is 52.6 Å². The molecular weight excluding hydrogens is 320 g/mol. The monoisotopic (exact) mass is 342 g/mol. The number of hydrazone groups is 1. The Balaban J connectivity index is 2.19. The van der Waals surface area contributed by atoms with Gasteiger partial charge in [-0.2, -0.15) is 5.10 Å². The summed E-state index contributed by atoms with van der Waals surface area (Å²) in [5, 5.41) is 4.02. The van der Waals surface area contributed by atoms with E-state index in [1.165, 1.54) is 26.9 Å². The predicted octanol–water partition coefficient (Wildman–Crippen LogP) is 3.09. The predicted molar refractivity (Wildman–Crippen MR) is 97.1 cm³/mol. The van der Waals surface area contributed by atoms with Crippen LogP contribution in [0.3, 0.4) is 0 Å². The Labute approximate surface area is 147 Å². The topological polar surface area (TPSA) is 69.2 Å². The second-order valence-corrected chi connectivity index (χ2v) is 5.47. The molecule has 2 aromatic rings. The van der Waals surface area contributed by atoms with Gasteiger partial charge in [0.15, 0.2) is 11.5 Å². The van der Waals surface area contributed by atoms with Gasteiger partial charge in [-0.05, 0) is 37.1 Å². The fourth-order valence-electron chi connectivity index (χ4n) is 2.41. The third-order valence-electron chi connectivity index (χ3n) is 3.72. The fourth-order valence-corrected chi connectivity index (χ4v) is 2.41. The Hall–Kier alpha value is -3.02. The zero-order valence-electron chi connectivity index (χ0n) is 15.0. The Kier molecular flexibility index (Phi) is 6.00. The van der Waals surface area contributed by atoms with Gasteiger partial charge in [0.05, 0.1) is 27.5 Å². The van der Waals surface area contributed by atoms with E-state index in [9.17, 15) is 4.79 Å². The number of nitrogens with zero attached hydrogens (tertiary/aromatic N) is 1. The van der Waals surface area contributed by atoms with Crippen LogP contribution in [0.2, 0.25) is 0 Å². The molecule has 0 heterocycles. The van der Waals surface area contributed by atoms with E-state index in [-0.39, 0.29) is 5.91 Å². The maximum Gasteiger partial charge on any atom is 0.271 e. The van der Waals surface area contributed by atoms with E-state index in [2.05, 4.69) is 16.6 Å². The van der Waals surface area contributed by atoms with Gasteiger partial charge in [0, 0.05) is 5.56 Å². The summed E-state index contributed by atoms with van der Waals surface area (Å²) in [7, 11) is 4.50. The Morgan fingerprint density at radius 3 is 2.16 bits per heavy atom. The van der Waals surface area contributed by atoms with Crippen LogP contribution in [0.25, 0.3) is 0 Å². The van der Waals surface area contributed by atoms with Crippen LogP contribution in [0, 0.1) is 13.8 Å². The van der Waals surface area contributed by atoms with Gasteiger partial charge in [-0.25, -0.2) is 5.43 Å². The summed E-state index contributed by atoms with van der Waals surface area (Å²) in [6, 6.07) is 9.16.